The lowest BCUT2D eigenvalue weighted by molar-refractivity contribution is -0.137. The van der Waals surface area contributed by atoms with Crippen molar-refractivity contribution < 1.29 is 18.0 Å². The molecular weight excluding hydrogens is 397 g/mol. The molecule has 1 amide bonds. The number of carbonyl (C=O) groups excluding carboxylic acids is 1. The van der Waals surface area contributed by atoms with E-state index in [1.165, 1.54) is 0 Å². The van der Waals surface area contributed by atoms with Crippen molar-refractivity contribution in [2.24, 2.45) is 0 Å². The van der Waals surface area contributed by atoms with Crippen LogP contribution < -0.4 is 15.5 Å². The number of carbonyl (C=O) groups is 1. The van der Waals surface area contributed by atoms with Crippen molar-refractivity contribution in [3.63, 3.8) is 0 Å². The number of likely N-dealkylation sites (tertiary alicyclic amines) is 1. The van der Waals surface area contributed by atoms with E-state index in [0.717, 1.165) is 18.3 Å². The van der Waals surface area contributed by atoms with Crippen molar-refractivity contribution in [3.8, 4) is 0 Å². The maximum atomic E-state index is 13.4. The highest BCUT2D eigenvalue weighted by atomic mass is 19.4. The Morgan fingerprint density at radius 2 is 2.07 bits per heavy atom. The molecule has 1 fully saturated rings. The Bertz CT molecular complexity index is 887. The first-order valence-electron chi connectivity index (χ1n) is 9.74. The first-order chi connectivity index (χ1) is 14.2. The lowest BCUT2D eigenvalue weighted by atomic mass is 10.2. The van der Waals surface area contributed by atoms with E-state index < -0.39 is 11.7 Å². The van der Waals surface area contributed by atoms with Crippen LogP contribution in [0.2, 0.25) is 0 Å². The molecule has 0 bridgehead atoms. The number of aromatic nitrogens is 2. The molecule has 0 unspecified atom stereocenters. The lowest BCUT2D eigenvalue weighted by Gasteiger charge is -2.18. The number of nitrogens with zero attached hydrogens (tertiary/aromatic N) is 4. The fraction of sp³-hybridized carbons (Fsp3) is 0.450. The van der Waals surface area contributed by atoms with Crippen LogP contribution in [0, 0.1) is 0 Å². The van der Waals surface area contributed by atoms with Crippen LogP contribution in [-0.4, -0.2) is 54.5 Å². The van der Waals surface area contributed by atoms with Gasteiger partial charge in [-0.1, -0.05) is 6.07 Å². The van der Waals surface area contributed by atoms with Gasteiger partial charge < -0.3 is 20.4 Å². The summed E-state index contributed by atoms with van der Waals surface area (Å²) in [6, 6.07) is 7.38. The van der Waals surface area contributed by atoms with Crippen molar-refractivity contribution in [3.05, 3.63) is 36.0 Å². The molecule has 1 saturated heterocycles. The average Bonchev–Trinajstić information content (AvgIpc) is 3.09. The van der Waals surface area contributed by atoms with E-state index in [0.29, 0.717) is 31.6 Å². The molecular formula is C20H25F3N6O. The summed E-state index contributed by atoms with van der Waals surface area (Å²) in [5.41, 5.74) is 0.675. The van der Waals surface area contributed by atoms with Crippen LogP contribution in [0.3, 0.4) is 0 Å². The second-order valence-corrected chi connectivity index (χ2v) is 7.29. The highest BCUT2D eigenvalue weighted by Gasteiger charge is 2.35. The number of alkyl halides is 3. The molecule has 3 rings (SSSR count). The highest BCUT2D eigenvalue weighted by Crippen LogP contribution is 2.34. The topological polar surface area (TPSA) is 73.4 Å². The Kier molecular flexibility index (Phi) is 6.63. The molecule has 1 aliphatic rings. The summed E-state index contributed by atoms with van der Waals surface area (Å²) in [6.45, 7) is 1.49. The number of anilines is 4. The molecule has 2 heterocycles. The van der Waals surface area contributed by atoms with Gasteiger partial charge in [-0.25, -0.2) is 4.98 Å². The Hall–Kier alpha value is -3.04. The van der Waals surface area contributed by atoms with Crippen LogP contribution in [0.5, 0.6) is 0 Å². The molecule has 0 spiro atoms. The standard InChI is InChI=1S/C20H25F3N6O/c1-28(2)15-7-3-6-14(12-15)26-19-25-13-16(20(21,22)23)18(27-19)24-9-5-11-29-10-4-8-17(29)30/h3,6-7,12-13H,4-5,8-11H2,1-2H3,(H2,24,25,26,27). The third kappa shape index (κ3) is 5.52. The number of nitrogens with one attached hydrogen (secondary N) is 2. The van der Waals surface area contributed by atoms with Crippen LogP contribution in [-0.2, 0) is 11.0 Å². The quantitative estimate of drug-likeness (QED) is 0.632. The smallest absolute Gasteiger partial charge is 0.378 e. The van der Waals surface area contributed by atoms with Crippen LogP contribution in [0.15, 0.2) is 30.5 Å². The molecule has 1 aromatic heterocycles. The molecule has 162 valence electrons. The highest BCUT2D eigenvalue weighted by molar-refractivity contribution is 5.78. The first-order valence-corrected chi connectivity index (χ1v) is 9.74. The fourth-order valence-corrected chi connectivity index (χ4v) is 3.19. The van der Waals surface area contributed by atoms with Gasteiger partial charge in [0.1, 0.15) is 11.4 Å². The summed E-state index contributed by atoms with van der Waals surface area (Å²) in [4.78, 5) is 23.2. The fourth-order valence-electron chi connectivity index (χ4n) is 3.19. The SMILES string of the molecule is CN(C)c1cccc(Nc2ncc(C(F)(F)F)c(NCCCN3CCCC3=O)n2)c1. The summed E-state index contributed by atoms with van der Waals surface area (Å²) in [5, 5.41) is 5.71. The number of benzene rings is 1. The molecule has 0 atom stereocenters. The number of rotatable bonds is 8. The van der Waals surface area contributed by atoms with E-state index in [1.807, 2.05) is 37.2 Å². The van der Waals surface area contributed by atoms with Crippen molar-refractivity contribution >= 4 is 29.0 Å². The molecule has 2 aromatic rings. The maximum absolute atomic E-state index is 13.4. The molecule has 0 radical (unpaired) electrons. The first kappa shape index (κ1) is 21.7. The Balaban J connectivity index is 1.70. The van der Waals surface area contributed by atoms with E-state index >= 15 is 0 Å². The predicted octanol–water partition coefficient (Wildman–Crippen LogP) is 3.73. The lowest BCUT2D eigenvalue weighted by Crippen LogP contribution is -2.27. The van der Waals surface area contributed by atoms with Gasteiger partial charge in [-0.3, -0.25) is 4.79 Å². The van der Waals surface area contributed by atoms with Gasteiger partial charge in [0.05, 0.1) is 0 Å². The zero-order valence-corrected chi connectivity index (χ0v) is 17.0. The monoisotopic (exact) mass is 422 g/mol. The molecule has 0 saturated carbocycles. The van der Waals surface area contributed by atoms with E-state index in [1.54, 1.807) is 11.0 Å². The van der Waals surface area contributed by atoms with Crippen LogP contribution in [0.25, 0.3) is 0 Å². The predicted molar refractivity (Wildman–Crippen MR) is 110 cm³/mol. The largest absolute Gasteiger partial charge is 0.421 e. The van der Waals surface area contributed by atoms with Gasteiger partial charge in [0.25, 0.3) is 0 Å². The second kappa shape index (κ2) is 9.19. The molecule has 2 N–H and O–H groups in total. The van der Waals surface area contributed by atoms with Crippen LogP contribution >= 0.6 is 0 Å². The van der Waals surface area contributed by atoms with Crippen LogP contribution in [0.4, 0.5) is 36.3 Å². The number of amides is 1. The summed E-state index contributed by atoms with van der Waals surface area (Å²) in [5.74, 6) is -0.118. The third-order valence-corrected chi connectivity index (χ3v) is 4.78. The molecule has 1 aliphatic heterocycles. The molecule has 1 aromatic carbocycles. The maximum Gasteiger partial charge on any atom is 0.421 e. The van der Waals surface area contributed by atoms with Crippen molar-refractivity contribution in [2.45, 2.75) is 25.4 Å². The summed E-state index contributed by atoms with van der Waals surface area (Å²) in [6.07, 6.45) is -1.89. The Morgan fingerprint density at radius 3 is 2.73 bits per heavy atom. The van der Waals surface area contributed by atoms with Crippen molar-refractivity contribution in [1.82, 2.24) is 14.9 Å². The average molecular weight is 422 g/mol. The third-order valence-electron chi connectivity index (χ3n) is 4.78. The van der Waals surface area contributed by atoms with Gasteiger partial charge in [0.15, 0.2) is 0 Å². The van der Waals surface area contributed by atoms with Gasteiger partial charge in [-0.05, 0) is 31.0 Å². The summed E-state index contributed by atoms with van der Waals surface area (Å²) in [7, 11) is 3.79. The van der Waals surface area contributed by atoms with E-state index in [9.17, 15) is 18.0 Å². The zero-order valence-electron chi connectivity index (χ0n) is 17.0. The molecule has 0 aliphatic carbocycles. The van der Waals surface area contributed by atoms with E-state index in [4.69, 9.17) is 0 Å². The van der Waals surface area contributed by atoms with Crippen LogP contribution in [0.1, 0.15) is 24.8 Å². The molecule has 30 heavy (non-hydrogen) atoms. The summed E-state index contributed by atoms with van der Waals surface area (Å²) < 4.78 is 40.1. The minimum atomic E-state index is -4.57. The van der Waals surface area contributed by atoms with Gasteiger partial charge in [-0.15, -0.1) is 0 Å². The van der Waals surface area contributed by atoms with E-state index in [2.05, 4.69) is 20.6 Å². The normalized spacial score (nSPS) is 14.2. The van der Waals surface area contributed by atoms with Crippen molar-refractivity contribution in [1.29, 1.82) is 0 Å². The number of halogens is 3. The molecule has 7 nitrogen and oxygen atoms in total. The Morgan fingerprint density at radius 1 is 1.27 bits per heavy atom. The minimum Gasteiger partial charge on any atom is -0.378 e. The number of hydrogen-bond donors (Lipinski definition) is 2. The minimum absolute atomic E-state index is 0.0659. The zero-order chi connectivity index (χ0) is 21.7. The number of hydrogen-bond acceptors (Lipinski definition) is 6. The van der Waals surface area contributed by atoms with Gasteiger partial charge in [0, 0.05) is 57.7 Å². The Labute approximate surface area is 173 Å². The van der Waals surface area contributed by atoms with Gasteiger partial charge in [0.2, 0.25) is 11.9 Å². The summed E-state index contributed by atoms with van der Waals surface area (Å²) >= 11 is 0. The van der Waals surface area contributed by atoms with E-state index in [-0.39, 0.29) is 24.2 Å². The second-order valence-electron chi connectivity index (χ2n) is 7.29. The molecule has 10 heteroatoms. The van der Waals surface area contributed by atoms with Gasteiger partial charge >= 0.3 is 6.18 Å². The van der Waals surface area contributed by atoms with Crippen molar-refractivity contribution in [2.75, 3.05) is 49.3 Å². The van der Waals surface area contributed by atoms with Gasteiger partial charge in [-0.2, -0.15) is 18.2 Å².